The maximum Gasteiger partial charge on any atom is 0.258 e. The molecule has 17 heavy (non-hydrogen) atoms. The van der Waals surface area contributed by atoms with Crippen molar-refractivity contribution in [3.8, 4) is 11.8 Å². The fourth-order valence-corrected chi connectivity index (χ4v) is 1.98. The summed E-state index contributed by atoms with van der Waals surface area (Å²) in [7, 11) is 1.69. The molecule has 5 nitrogen and oxygen atoms in total. The lowest BCUT2D eigenvalue weighted by Gasteiger charge is -2.23. The van der Waals surface area contributed by atoms with Gasteiger partial charge in [-0.05, 0) is 6.92 Å². The van der Waals surface area contributed by atoms with Gasteiger partial charge in [-0.1, -0.05) is 6.92 Å². The van der Waals surface area contributed by atoms with E-state index < -0.39 is 0 Å². The Balaban J connectivity index is 2.75. The predicted octanol–water partition coefficient (Wildman–Crippen LogP) is 0.883. The van der Waals surface area contributed by atoms with Crippen LogP contribution in [0.2, 0.25) is 0 Å². The number of aryl methyl sites for hydroxylation is 1. The van der Waals surface area contributed by atoms with Gasteiger partial charge >= 0.3 is 0 Å². The van der Waals surface area contributed by atoms with Crippen molar-refractivity contribution in [2.45, 2.75) is 19.8 Å². The van der Waals surface area contributed by atoms with Crippen molar-refractivity contribution in [1.82, 2.24) is 4.57 Å². The lowest BCUT2D eigenvalue weighted by Crippen LogP contribution is -2.30. The highest BCUT2D eigenvalue weighted by atomic mass is 16.5. The molecule has 1 aliphatic heterocycles. The van der Waals surface area contributed by atoms with Gasteiger partial charge in [-0.2, -0.15) is 5.26 Å². The second-order valence-electron chi connectivity index (χ2n) is 4.14. The van der Waals surface area contributed by atoms with Crippen molar-refractivity contribution >= 4 is 0 Å². The summed E-state index contributed by atoms with van der Waals surface area (Å²) in [6, 6.07) is 3.75. The van der Waals surface area contributed by atoms with Crippen LogP contribution >= 0.6 is 0 Å². The van der Waals surface area contributed by atoms with E-state index in [0.717, 1.165) is 5.69 Å². The monoisotopic (exact) mass is 231 g/mol. The molecule has 0 aliphatic carbocycles. The third-order valence-electron chi connectivity index (χ3n) is 3.14. The minimum atomic E-state index is -0.331. The molecule has 0 fully saturated rings. The molecule has 0 bridgehead atoms. The molecule has 1 aromatic rings. The topological polar surface area (TPSA) is 81.0 Å². The molecule has 5 heteroatoms. The molecule has 0 amide bonds. The summed E-state index contributed by atoms with van der Waals surface area (Å²) in [4.78, 5) is 12.1. The van der Waals surface area contributed by atoms with Gasteiger partial charge in [0.2, 0.25) is 5.88 Å². The van der Waals surface area contributed by atoms with Crippen molar-refractivity contribution < 1.29 is 4.74 Å². The molecule has 0 aromatic carbocycles. The van der Waals surface area contributed by atoms with Gasteiger partial charge in [0.15, 0.2) is 0 Å². The van der Waals surface area contributed by atoms with Crippen LogP contribution in [0.25, 0.3) is 0 Å². The normalized spacial score (nSPS) is 18.4. The number of rotatable bonds is 0. The standard InChI is InChI=1S/C12H13N3O2/c1-6-4-9-10(12(16)15(6)3)7(2)8(5-13)11(14)17-9/h4,7H,14H2,1-3H3/t7-/m1/s1. The molecule has 0 saturated carbocycles. The van der Waals surface area contributed by atoms with Crippen LogP contribution in [0.15, 0.2) is 22.3 Å². The molecule has 0 spiro atoms. The minimum absolute atomic E-state index is 0.0835. The Labute approximate surface area is 98.7 Å². The maximum atomic E-state index is 12.1. The van der Waals surface area contributed by atoms with Gasteiger partial charge in [0.1, 0.15) is 11.8 Å². The molecule has 88 valence electrons. The first kappa shape index (κ1) is 11.3. The van der Waals surface area contributed by atoms with E-state index in [1.54, 1.807) is 20.0 Å². The zero-order valence-corrected chi connectivity index (χ0v) is 9.94. The molecule has 0 radical (unpaired) electrons. The first-order valence-corrected chi connectivity index (χ1v) is 5.25. The van der Waals surface area contributed by atoms with Crippen LogP contribution in [0.4, 0.5) is 0 Å². The van der Waals surface area contributed by atoms with Gasteiger partial charge in [0.05, 0.1) is 11.1 Å². The number of aromatic nitrogens is 1. The van der Waals surface area contributed by atoms with E-state index in [9.17, 15) is 4.79 Å². The maximum absolute atomic E-state index is 12.1. The summed E-state index contributed by atoms with van der Waals surface area (Å²) >= 11 is 0. The van der Waals surface area contributed by atoms with Gasteiger partial charge in [0, 0.05) is 24.7 Å². The third-order valence-corrected chi connectivity index (χ3v) is 3.14. The van der Waals surface area contributed by atoms with E-state index in [1.807, 2.05) is 13.0 Å². The second kappa shape index (κ2) is 3.67. The first-order chi connectivity index (χ1) is 7.97. The minimum Gasteiger partial charge on any atom is -0.440 e. The Hall–Kier alpha value is -2.22. The Morgan fingerprint density at radius 1 is 1.59 bits per heavy atom. The lowest BCUT2D eigenvalue weighted by atomic mass is 9.92. The van der Waals surface area contributed by atoms with E-state index in [4.69, 9.17) is 15.7 Å². The quantitative estimate of drug-likeness (QED) is 0.718. The SMILES string of the molecule is Cc1cc2c(c(=O)n1C)[C@H](C)C(C#N)=C(N)O2. The molecular weight excluding hydrogens is 218 g/mol. The van der Waals surface area contributed by atoms with Gasteiger partial charge in [0.25, 0.3) is 5.56 Å². The van der Waals surface area contributed by atoms with Gasteiger partial charge in [-0.3, -0.25) is 4.79 Å². The average Bonchev–Trinajstić information content (AvgIpc) is 2.26. The highest BCUT2D eigenvalue weighted by Gasteiger charge is 2.29. The summed E-state index contributed by atoms with van der Waals surface area (Å²) in [6.45, 7) is 3.60. The number of hydrogen-bond donors (Lipinski definition) is 1. The largest absolute Gasteiger partial charge is 0.440 e. The summed E-state index contributed by atoms with van der Waals surface area (Å²) < 4.78 is 6.88. The average molecular weight is 231 g/mol. The van der Waals surface area contributed by atoms with E-state index >= 15 is 0 Å². The van der Waals surface area contributed by atoms with Crippen LogP contribution in [0.1, 0.15) is 24.1 Å². The van der Waals surface area contributed by atoms with Crippen molar-refractivity contribution in [2.75, 3.05) is 0 Å². The molecular formula is C12H13N3O2. The van der Waals surface area contributed by atoms with Crippen LogP contribution in [0, 0.1) is 18.3 Å². The predicted molar refractivity (Wildman–Crippen MR) is 62.3 cm³/mol. The number of pyridine rings is 1. The number of hydrogen-bond acceptors (Lipinski definition) is 4. The van der Waals surface area contributed by atoms with Crippen LogP contribution in [0.5, 0.6) is 5.75 Å². The van der Waals surface area contributed by atoms with E-state index in [0.29, 0.717) is 16.9 Å². The molecule has 1 aromatic heterocycles. The van der Waals surface area contributed by atoms with E-state index in [-0.39, 0.29) is 17.4 Å². The number of nitrogens with zero attached hydrogens (tertiary/aromatic N) is 2. The summed E-state index contributed by atoms with van der Waals surface area (Å²) in [6.07, 6.45) is 0. The zero-order chi connectivity index (χ0) is 12.7. The molecule has 0 saturated heterocycles. The zero-order valence-electron chi connectivity index (χ0n) is 9.94. The Morgan fingerprint density at radius 2 is 2.24 bits per heavy atom. The van der Waals surface area contributed by atoms with E-state index in [2.05, 4.69) is 0 Å². The molecule has 2 N–H and O–H groups in total. The second-order valence-corrected chi connectivity index (χ2v) is 4.14. The van der Waals surface area contributed by atoms with Crippen molar-refractivity contribution in [3.05, 3.63) is 39.1 Å². The molecule has 0 unspecified atom stereocenters. The fraction of sp³-hybridized carbons (Fsp3) is 0.333. The highest BCUT2D eigenvalue weighted by Crippen LogP contribution is 2.35. The van der Waals surface area contributed by atoms with Crippen LogP contribution < -0.4 is 16.0 Å². The van der Waals surface area contributed by atoms with Gasteiger partial charge < -0.3 is 15.0 Å². The summed E-state index contributed by atoms with van der Waals surface area (Å²) in [5, 5.41) is 9.00. The van der Waals surface area contributed by atoms with Crippen LogP contribution in [0.3, 0.4) is 0 Å². The summed E-state index contributed by atoms with van der Waals surface area (Å²) in [5.74, 6) is 0.206. The van der Waals surface area contributed by atoms with Crippen LogP contribution in [-0.2, 0) is 7.05 Å². The lowest BCUT2D eigenvalue weighted by molar-refractivity contribution is 0.387. The van der Waals surface area contributed by atoms with E-state index in [1.165, 1.54) is 4.57 Å². The Bertz CT molecular complexity index is 620. The number of nitrogens with two attached hydrogens (primary N) is 1. The Kier molecular flexibility index (Phi) is 2.43. The molecule has 2 rings (SSSR count). The van der Waals surface area contributed by atoms with Crippen molar-refractivity contribution in [1.29, 1.82) is 5.26 Å². The van der Waals surface area contributed by atoms with Crippen molar-refractivity contribution in [3.63, 3.8) is 0 Å². The number of fused-ring (bicyclic) bond motifs is 1. The molecule has 1 atom stereocenters. The van der Waals surface area contributed by atoms with Crippen molar-refractivity contribution in [2.24, 2.45) is 12.8 Å². The summed E-state index contributed by atoms with van der Waals surface area (Å²) in [5.41, 5.74) is 7.09. The third kappa shape index (κ3) is 1.49. The first-order valence-electron chi connectivity index (χ1n) is 5.25. The van der Waals surface area contributed by atoms with Gasteiger partial charge in [-0.15, -0.1) is 0 Å². The van der Waals surface area contributed by atoms with Crippen LogP contribution in [-0.4, -0.2) is 4.57 Å². The number of allylic oxidation sites excluding steroid dienone is 1. The Morgan fingerprint density at radius 3 is 2.82 bits per heavy atom. The highest BCUT2D eigenvalue weighted by molar-refractivity contribution is 5.48. The number of ether oxygens (including phenoxy) is 1. The molecule has 2 heterocycles. The smallest absolute Gasteiger partial charge is 0.258 e. The van der Waals surface area contributed by atoms with Gasteiger partial charge in [-0.25, -0.2) is 0 Å². The number of nitriles is 1. The fourth-order valence-electron chi connectivity index (χ4n) is 1.98. The molecule has 1 aliphatic rings.